The standard InChI is InChI=1S/C19H23NO2/c1-20-14-16(15-8-4-3-5-9-15)12-13-18(21)17-10-6-7-11-19(17)22-2/h3-11,16,20H,12-14H2,1-2H3/t16-/m0/s1. The number of Topliss-reactive ketones (excluding diaryl/α,β-unsaturated/α-hetero) is 1. The number of ketones is 1. The van der Waals surface area contributed by atoms with Crippen molar-refractivity contribution in [3.63, 3.8) is 0 Å². The quantitative estimate of drug-likeness (QED) is 0.756. The Kier molecular flexibility index (Phi) is 6.16. The van der Waals surface area contributed by atoms with Crippen LogP contribution in [0.25, 0.3) is 0 Å². The average Bonchev–Trinajstić information content (AvgIpc) is 2.59. The summed E-state index contributed by atoms with van der Waals surface area (Å²) in [6, 6.07) is 17.7. The molecule has 0 saturated heterocycles. The lowest BCUT2D eigenvalue weighted by atomic mass is 9.92. The number of hydrogen-bond acceptors (Lipinski definition) is 3. The third kappa shape index (κ3) is 4.18. The van der Waals surface area contributed by atoms with Crippen LogP contribution in [0.3, 0.4) is 0 Å². The first kappa shape index (κ1) is 16.2. The van der Waals surface area contributed by atoms with Crippen LogP contribution < -0.4 is 10.1 Å². The van der Waals surface area contributed by atoms with Gasteiger partial charge in [0.05, 0.1) is 12.7 Å². The van der Waals surface area contributed by atoms with Gasteiger partial charge in [0.25, 0.3) is 0 Å². The number of carbonyl (C=O) groups excluding carboxylic acids is 1. The average molecular weight is 297 g/mol. The minimum absolute atomic E-state index is 0.134. The van der Waals surface area contributed by atoms with Crippen molar-refractivity contribution in [3.05, 3.63) is 65.7 Å². The maximum atomic E-state index is 12.5. The summed E-state index contributed by atoms with van der Waals surface area (Å²) in [6.45, 7) is 0.864. The van der Waals surface area contributed by atoms with E-state index < -0.39 is 0 Å². The summed E-state index contributed by atoms with van der Waals surface area (Å²) >= 11 is 0. The molecule has 1 N–H and O–H groups in total. The van der Waals surface area contributed by atoms with Crippen molar-refractivity contribution < 1.29 is 9.53 Å². The Morgan fingerprint density at radius 1 is 1.09 bits per heavy atom. The monoisotopic (exact) mass is 297 g/mol. The zero-order valence-corrected chi connectivity index (χ0v) is 13.2. The molecule has 22 heavy (non-hydrogen) atoms. The number of ether oxygens (including phenoxy) is 1. The normalized spacial score (nSPS) is 11.9. The van der Waals surface area contributed by atoms with Crippen LogP contribution in [-0.4, -0.2) is 26.5 Å². The Bertz CT molecular complexity index is 595. The number of likely N-dealkylation sites (N-methyl/N-ethyl adjacent to an activating group) is 1. The molecule has 0 heterocycles. The summed E-state index contributed by atoms with van der Waals surface area (Å²) in [7, 11) is 3.54. The zero-order valence-electron chi connectivity index (χ0n) is 13.2. The SMILES string of the molecule is CNC[C@H](CCC(=O)c1ccccc1OC)c1ccccc1. The minimum Gasteiger partial charge on any atom is -0.496 e. The van der Waals surface area contributed by atoms with E-state index in [0.717, 1.165) is 13.0 Å². The topological polar surface area (TPSA) is 38.3 Å². The maximum absolute atomic E-state index is 12.5. The smallest absolute Gasteiger partial charge is 0.166 e. The first-order valence-corrected chi connectivity index (χ1v) is 7.62. The maximum Gasteiger partial charge on any atom is 0.166 e. The fraction of sp³-hybridized carbons (Fsp3) is 0.316. The van der Waals surface area contributed by atoms with Crippen LogP contribution in [0, 0.1) is 0 Å². The summed E-state index contributed by atoms with van der Waals surface area (Å²) in [4.78, 5) is 12.5. The highest BCUT2D eigenvalue weighted by Gasteiger charge is 2.16. The van der Waals surface area contributed by atoms with Gasteiger partial charge >= 0.3 is 0 Å². The Hall–Kier alpha value is -2.13. The summed E-state index contributed by atoms with van der Waals surface area (Å²) in [5.74, 6) is 1.12. The van der Waals surface area contributed by atoms with Crippen LogP contribution >= 0.6 is 0 Å². The predicted octanol–water partition coefficient (Wildman–Crippen LogP) is 3.66. The predicted molar refractivity (Wildman–Crippen MR) is 89.7 cm³/mol. The Labute approximate surface area is 132 Å². The molecule has 0 aromatic heterocycles. The molecule has 2 aromatic rings. The first-order chi connectivity index (χ1) is 10.8. The molecule has 0 amide bonds. The van der Waals surface area contributed by atoms with E-state index in [-0.39, 0.29) is 5.78 Å². The molecule has 0 unspecified atom stereocenters. The molecule has 0 aliphatic rings. The van der Waals surface area contributed by atoms with Crippen LogP contribution in [-0.2, 0) is 0 Å². The van der Waals surface area contributed by atoms with E-state index in [1.54, 1.807) is 7.11 Å². The van der Waals surface area contributed by atoms with E-state index >= 15 is 0 Å². The molecule has 0 spiro atoms. The second-order valence-corrected chi connectivity index (χ2v) is 5.33. The van der Waals surface area contributed by atoms with Crippen molar-refractivity contribution >= 4 is 5.78 Å². The van der Waals surface area contributed by atoms with Crippen molar-refractivity contribution in [3.8, 4) is 5.75 Å². The highest BCUT2D eigenvalue weighted by atomic mass is 16.5. The van der Waals surface area contributed by atoms with Crippen molar-refractivity contribution in [2.45, 2.75) is 18.8 Å². The summed E-state index contributed by atoms with van der Waals surface area (Å²) < 4.78 is 5.27. The number of hydrogen-bond donors (Lipinski definition) is 1. The number of benzene rings is 2. The molecule has 3 heteroatoms. The molecule has 0 bridgehead atoms. The van der Waals surface area contributed by atoms with Crippen molar-refractivity contribution in [1.82, 2.24) is 5.32 Å². The Balaban J connectivity index is 2.04. The fourth-order valence-corrected chi connectivity index (χ4v) is 2.67. The number of carbonyl (C=O) groups is 1. The second kappa shape index (κ2) is 8.35. The Morgan fingerprint density at radius 2 is 1.77 bits per heavy atom. The number of para-hydroxylation sites is 1. The lowest BCUT2D eigenvalue weighted by Crippen LogP contribution is -2.18. The van der Waals surface area contributed by atoms with Crippen molar-refractivity contribution in [2.24, 2.45) is 0 Å². The molecule has 0 aliphatic heterocycles. The van der Waals surface area contributed by atoms with E-state index in [4.69, 9.17) is 4.74 Å². The zero-order chi connectivity index (χ0) is 15.8. The van der Waals surface area contributed by atoms with Crippen molar-refractivity contribution in [1.29, 1.82) is 0 Å². The van der Waals surface area contributed by atoms with Gasteiger partial charge in [-0.3, -0.25) is 4.79 Å². The molecular formula is C19H23NO2. The molecule has 0 radical (unpaired) electrons. The lowest BCUT2D eigenvalue weighted by molar-refractivity contribution is 0.0974. The fourth-order valence-electron chi connectivity index (χ4n) is 2.67. The third-order valence-corrected chi connectivity index (χ3v) is 3.85. The number of nitrogens with one attached hydrogen (secondary N) is 1. The highest BCUT2D eigenvalue weighted by molar-refractivity contribution is 5.98. The van der Waals surface area contributed by atoms with Gasteiger partial charge in [-0.15, -0.1) is 0 Å². The van der Waals surface area contributed by atoms with Gasteiger partial charge < -0.3 is 10.1 Å². The molecule has 1 atom stereocenters. The lowest BCUT2D eigenvalue weighted by Gasteiger charge is -2.17. The van der Waals surface area contributed by atoms with E-state index in [9.17, 15) is 4.79 Å². The number of rotatable bonds is 8. The summed E-state index contributed by atoms with van der Waals surface area (Å²) in [6.07, 6.45) is 1.34. The molecule has 116 valence electrons. The van der Waals surface area contributed by atoms with Crippen LogP contribution in [0.4, 0.5) is 0 Å². The first-order valence-electron chi connectivity index (χ1n) is 7.62. The van der Waals surface area contributed by atoms with E-state index in [1.807, 2.05) is 49.5 Å². The van der Waals surface area contributed by atoms with Gasteiger partial charge in [-0.25, -0.2) is 0 Å². The second-order valence-electron chi connectivity index (χ2n) is 5.33. The molecule has 0 aliphatic carbocycles. The highest BCUT2D eigenvalue weighted by Crippen LogP contribution is 2.24. The van der Waals surface area contributed by atoms with Gasteiger partial charge in [-0.1, -0.05) is 42.5 Å². The van der Waals surface area contributed by atoms with Crippen LogP contribution in [0.15, 0.2) is 54.6 Å². The summed E-state index contributed by atoms with van der Waals surface area (Å²) in [5.41, 5.74) is 1.94. The molecule has 0 saturated carbocycles. The van der Waals surface area contributed by atoms with Gasteiger partial charge in [0.15, 0.2) is 5.78 Å². The van der Waals surface area contributed by atoms with Crippen LogP contribution in [0.5, 0.6) is 5.75 Å². The van der Waals surface area contributed by atoms with Crippen LogP contribution in [0.2, 0.25) is 0 Å². The van der Waals surface area contributed by atoms with Gasteiger partial charge in [0.1, 0.15) is 5.75 Å². The van der Waals surface area contributed by atoms with Gasteiger partial charge in [-0.05, 0) is 37.1 Å². The Morgan fingerprint density at radius 3 is 2.45 bits per heavy atom. The van der Waals surface area contributed by atoms with Gasteiger partial charge in [-0.2, -0.15) is 0 Å². The molecule has 3 nitrogen and oxygen atoms in total. The van der Waals surface area contributed by atoms with Gasteiger partial charge in [0.2, 0.25) is 0 Å². The molecule has 2 aromatic carbocycles. The third-order valence-electron chi connectivity index (χ3n) is 3.85. The van der Waals surface area contributed by atoms with Gasteiger partial charge in [0, 0.05) is 13.0 Å². The molecular weight excluding hydrogens is 274 g/mol. The minimum atomic E-state index is 0.134. The molecule has 2 rings (SSSR count). The summed E-state index contributed by atoms with van der Waals surface area (Å²) in [5, 5.41) is 3.22. The van der Waals surface area contributed by atoms with Crippen molar-refractivity contribution in [2.75, 3.05) is 20.7 Å². The van der Waals surface area contributed by atoms with E-state index in [2.05, 4.69) is 17.4 Å². The number of methoxy groups -OCH3 is 1. The van der Waals surface area contributed by atoms with E-state index in [1.165, 1.54) is 5.56 Å². The van der Waals surface area contributed by atoms with Crippen LogP contribution in [0.1, 0.15) is 34.7 Å². The molecule has 0 fully saturated rings. The largest absolute Gasteiger partial charge is 0.496 e. The van der Waals surface area contributed by atoms with E-state index in [0.29, 0.717) is 23.7 Å².